The highest BCUT2D eigenvalue weighted by molar-refractivity contribution is 5.31. The van der Waals surface area contributed by atoms with Crippen LogP contribution in [0.4, 0.5) is 4.39 Å². The van der Waals surface area contributed by atoms with E-state index in [1.807, 2.05) is 31.2 Å². The molecular weight excluding hydrogens is 257 g/mol. The summed E-state index contributed by atoms with van der Waals surface area (Å²) >= 11 is 0. The van der Waals surface area contributed by atoms with E-state index in [-0.39, 0.29) is 11.4 Å². The zero-order chi connectivity index (χ0) is 14.4. The zero-order valence-corrected chi connectivity index (χ0v) is 11.5. The van der Waals surface area contributed by atoms with Gasteiger partial charge in [0.05, 0.1) is 6.61 Å². The van der Waals surface area contributed by atoms with E-state index in [0.29, 0.717) is 13.2 Å². The minimum absolute atomic E-state index is 0.175. The van der Waals surface area contributed by atoms with Crippen molar-refractivity contribution in [1.82, 2.24) is 4.57 Å². The summed E-state index contributed by atoms with van der Waals surface area (Å²) in [6.45, 7) is 3.10. The molecule has 0 atom stereocenters. The van der Waals surface area contributed by atoms with E-state index in [9.17, 15) is 9.18 Å². The molecule has 0 spiro atoms. The number of rotatable bonds is 6. The molecule has 0 amide bonds. The maximum atomic E-state index is 13.0. The fraction of sp³-hybridized carbons (Fsp3) is 0.312. The van der Waals surface area contributed by atoms with Crippen molar-refractivity contribution in [2.75, 3.05) is 6.61 Å². The van der Waals surface area contributed by atoms with Gasteiger partial charge in [-0.3, -0.25) is 4.79 Å². The van der Waals surface area contributed by atoms with Gasteiger partial charge in [-0.15, -0.1) is 0 Å². The molecule has 0 radical (unpaired) electrons. The van der Waals surface area contributed by atoms with Crippen LogP contribution in [0, 0.1) is 12.7 Å². The Kier molecular flexibility index (Phi) is 4.93. The molecule has 0 aliphatic heterocycles. The third-order valence-corrected chi connectivity index (χ3v) is 3.09. The van der Waals surface area contributed by atoms with Crippen LogP contribution in [-0.2, 0) is 6.54 Å². The molecule has 0 unspecified atom stereocenters. The normalized spacial score (nSPS) is 10.5. The van der Waals surface area contributed by atoms with Crippen molar-refractivity contribution < 1.29 is 9.13 Å². The second-order valence-electron chi connectivity index (χ2n) is 4.70. The monoisotopic (exact) mass is 275 g/mol. The van der Waals surface area contributed by atoms with Crippen LogP contribution in [-0.4, -0.2) is 11.2 Å². The molecule has 4 heteroatoms. The molecular formula is C16H18FNO2. The van der Waals surface area contributed by atoms with E-state index < -0.39 is 0 Å². The van der Waals surface area contributed by atoms with Crippen LogP contribution in [0.15, 0.2) is 47.4 Å². The molecule has 3 nitrogen and oxygen atoms in total. The smallest absolute Gasteiger partial charge is 0.250 e. The number of nitrogens with zero attached hydrogens (tertiary/aromatic N) is 1. The molecule has 0 aliphatic rings. The van der Waals surface area contributed by atoms with E-state index in [1.165, 1.54) is 22.9 Å². The quantitative estimate of drug-likeness (QED) is 0.758. The van der Waals surface area contributed by atoms with Gasteiger partial charge in [0, 0.05) is 18.8 Å². The van der Waals surface area contributed by atoms with Gasteiger partial charge in [-0.1, -0.05) is 18.2 Å². The Morgan fingerprint density at radius 3 is 2.75 bits per heavy atom. The van der Waals surface area contributed by atoms with Crippen molar-refractivity contribution in [2.24, 2.45) is 0 Å². The van der Waals surface area contributed by atoms with Crippen molar-refractivity contribution in [3.05, 3.63) is 64.3 Å². The van der Waals surface area contributed by atoms with Gasteiger partial charge < -0.3 is 9.30 Å². The second-order valence-corrected chi connectivity index (χ2v) is 4.70. The van der Waals surface area contributed by atoms with Crippen LogP contribution in [0.3, 0.4) is 0 Å². The molecule has 20 heavy (non-hydrogen) atoms. The number of unbranched alkanes of at least 4 members (excludes halogenated alkanes) is 1. The van der Waals surface area contributed by atoms with Crippen LogP contribution in [0.5, 0.6) is 5.75 Å². The highest BCUT2D eigenvalue weighted by Gasteiger charge is 2.00. The topological polar surface area (TPSA) is 31.2 Å². The molecule has 0 saturated heterocycles. The number of ether oxygens (including phenoxy) is 1. The van der Waals surface area contributed by atoms with Crippen LogP contribution < -0.4 is 10.3 Å². The lowest BCUT2D eigenvalue weighted by atomic mass is 10.2. The van der Waals surface area contributed by atoms with Gasteiger partial charge in [0.1, 0.15) is 11.6 Å². The summed E-state index contributed by atoms with van der Waals surface area (Å²) in [5.41, 5.74) is 0.931. The Labute approximate surface area is 117 Å². The molecule has 1 aromatic heterocycles. The molecule has 0 aliphatic carbocycles. The summed E-state index contributed by atoms with van der Waals surface area (Å²) < 4.78 is 20.1. The van der Waals surface area contributed by atoms with Gasteiger partial charge in [0.2, 0.25) is 0 Å². The minimum atomic E-state index is -0.388. The highest BCUT2D eigenvalue weighted by Crippen LogP contribution is 2.16. The molecule has 1 heterocycles. The number of aromatic nitrogens is 1. The van der Waals surface area contributed by atoms with Gasteiger partial charge in [0.25, 0.3) is 5.56 Å². The SMILES string of the molecule is Cc1ccccc1OCCCCn1cc(F)ccc1=O. The average Bonchev–Trinajstić information content (AvgIpc) is 2.44. The molecule has 0 bridgehead atoms. The Hall–Kier alpha value is -2.10. The molecule has 2 aromatic rings. The third kappa shape index (κ3) is 3.95. The van der Waals surface area contributed by atoms with Crippen molar-refractivity contribution >= 4 is 0 Å². The van der Waals surface area contributed by atoms with Crippen LogP contribution in [0.2, 0.25) is 0 Å². The first-order chi connectivity index (χ1) is 9.66. The van der Waals surface area contributed by atoms with E-state index in [4.69, 9.17) is 4.74 Å². The molecule has 2 rings (SSSR count). The fourth-order valence-electron chi connectivity index (χ4n) is 1.96. The summed E-state index contributed by atoms with van der Waals surface area (Å²) in [6.07, 6.45) is 2.83. The molecule has 1 aromatic carbocycles. The number of halogens is 1. The fourth-order valence-corrected chi connectivity index (χ4v) is 1.96. The van der Waals surface area contributed by atoms with E-state index in [0.717, 1.165) is 24.2 Å². The summed E-state index contributed by atoms with van der Waals surface area (Å²) in [4.78, 5) is 11.5. The number of pyridine rings is 1. The first-order valence-electron chi connectivity index (χ1n) is 6.71. The number of para-hydroxylation sites is 1. The van der Waals surface area contributed by atoms with E-state index >= 15 is 0 Å². The van der Waals surface area contributed by atoms with Crippen molar-refractivity contribution in [3.8, 4) is 5.75 Å². The predicted molar refractivity (Wildman–Crippen MR) is 76.6 cm³/mol. The summed E-state index contributed by atoms with van der Waals surface area (Å²) in [6, 6.07) is 10.3. The molecule has 106 valence electrons. The average molecular weight is 275 g/mol. The first kappa shape index (κ1) is 14.3. The van der Waals surface area contributed by atoms with Gasteiger partial charge in [-0.05, 0) is 37.5 Å². The van der Waals surface area contributed by atoms with Crippen molar-refractivity contribution in [3.63, 3.8) is 0 Å². The van der Waals surface area contributed by atoms with Gasteiger partial charge in [0.15, 0.2) is 0 Å². The van der Waals surface area contributed by atoms with Gasteiger partial charge >= 0.3 is 0 Å². The Balaban J connectivity index is 1.76. The lowest BCUT2D eigenvalue weighted by Gasteiger charge is -2.09. The number of hydrogen-bond donors (Lipinski definition) is 0. The maximum absolute atomic E-state index is 13.0. The third-order valence-electron chi connectivity index (χ3n) is 3.09. The minimum Gasteiger partial charge on any atom is -0.493 e. The lowest BCUT2D eigenvalue weighted by Crippen LogP contribution is -2.19. The van der Waals surface area contributed by atoms with Crippen LogP contribution in [0.1, 0.15) is 18.4 Å². The van der Waals surface area contributed by atoms with Crippen molar-refractivity contribution in [1.29, 1.82) is 0 Å². The second kappa shape index (κ2) is 6.89. The summed E-state index contributed by atoms with van der Waals surface area (Å²) in [7, 11) is 0. The number of hydrogen-bond acceptors (Lipinski definition) is 2. The molecule has 0 fully saturated rings. The Morgan fingerprint density at radius 2 is 1.95 bits per heavy atom. The summed E-state index contributed by atoms with van der Waals surface area (Å²) in [5.74, 6) is 0.496. The lowest BCUT2D eigenvalue weighted by molar-refractivity contribution is 0.301. The Morgan fingerprint density at radius 1 is 1.15 bits per heavy atom. The van der Waals surface area contributed by atoms with E-state index in [1.54, 1.807) is 0 Å². The van der Waals surface area contributed by atoms with Gasteiger partial charge in [-0.2, -0.15) is 0 Å². The highest BCUT2D eigenvalue weighted by atomic mass is 19.1. The van der Waals surface area contributed by atoms with Crippen LogP contribution in [0.25, 0.3) is 0 Å². The predicted octanol–water partition coefficient (Wildman–Crippen LogP) is 3.16. The number of benzene rings is 1. The molecule has 0 saturated carbocycles. The van der Waals surface area contributed by atoms with Crippen molar-refractivity contribution in [2.45, 2.75) is 26.3 Å². The van der Waals surface area contributed by atoms with E-state index in [2.05, 4.69) is 0 Å². The number of aryl methyl sites for hydroxylation is 2. The van der Waals surface area contributed by atoms with Gasteiger partial charge in [-0.25, -0.2) is 4.39 Å². The zero-order valence-electron chi connectivity index (χ0n) is 11.5. The maximum Gasteiger partial charge on any atom is 0.250 e. The molecule has 0 N–H and O–H groups in total. The van der Waals surface area contributed by atoms with Crippen LogP contribution >= 0.6 is 0 Å². The largest absolute Gasteiger partial charge is 0.493 e. The summed E-state index contributed by atoms with van der Waals surface area (Å²) in [5, 5.41) is 0. The first-order valence-corrected chi connectivity index (χ1v) is 6.71. The standard InChI is InChI=1S/C16H18FNO2/c1-13-6-2-3-7-15(13)20-11-5-4-10-18-12-14(17)8-9-16(18)19/h2-3,6-9,12H,4-5,10-11H2,1H3. The Bertz CT molecular complexity index is 622.